The normalized spacial score (nSPS) is 13.0. The van der Waals surface area contributed by atoms with Crippen LogP contribution in [0.3, 0.4) is 0 Å². The summed E-state index contributed by atoms with van der Waals surface area (Å²) in [6.45, 7) is 6.65. The molecule has 0 amide bonds. The summed E-state index contributed by atoms with van der Waals surface area (Å²) in [7, 11) is -3.37. The van der Waals surface area contributed by atoms with Crippen LogP contribution in [0.4, 0.5) is 0 Å². The molecule has 0 aliphatic rings. The Hall–Kier alpha value is -1.07. The van der Waals surface area contributed by atoms with Crippen molar-refractivity contribution in [1.82, 2.24) is 10.6 Å². The van der Waals surface area contributed by atoms with Crippen LogP contribution in [0.25, 0.3) is 0 Å². The van der Waals surface area contributed by atoms with Crippen molar-refractivity contribution in [3.05, 3.63) is 52.4 Å². The van der Waals surface area contributed by atoms with E-state index in [1.54, 1.807) is 24.3 Å². The van der Waals surface area contributed by atoms with Gasteiger partial charge >= 0.3 is 0 Å². The molecule has 2 N–H and O–H groups in total. The van der Waals surface area contributed by atoms with Crippen molar-refractivity contribution in [2.24, 2.45) is 4.99 Å². The van der Waals surface area contributed by atoms with Crippen LogP contribution >= 0.6 is 39.9 Å². The third-order valence-electron chi connectivity index (χ3n) is 3.69. The van der Waals surface area contributed by atoms with E-state index in [1.807, 2.05) is 32.9 Å². The maximum absolute atomic E-state index is 12.4. The molecule has 1 aromatic heterocycles. The Morgan fingerprint density at radius 2 is 1.89 bits per heavy atom. The molecule has 0 radical (unpaired) electrons. The number of furan rings is 1. The molecule has 0 aliphatic heterocycles. The van der Waals surface area contributed by atoms with Gasteiger partial charge in [0.05, 0.1) is 23.2 Å². The second-order valence-corrected chi connectivity index (χ2v) is 8.87. The molecule has 0 fully saturated rings. The molecule has 6 nitrogen and oxygen atoms in total. The highest BCUT2D eigenvalue weighted by molar-refractivity contribution is 14.0. The van der Waals surface area contributed by atoms with Gasteiger partial charge < -0.3 is 15.1 Å². The predicted molar refractivity (Wildman–Crippen MR) is 123 cm³/mol. The minimum absolute atomic E-state index is 0. The zero-order chi connectivity index (χ0) is 19.2. The molecule has 0 spiro atoms. The topological polar surface area (TPSA) is 83.7 Å². The summed E-state index contributed by atoms with van der Waals surface area (Å²) in [4.78, 5) is 4.68. The van der Waals surface area contributed by atoms with Crippen LogP contribution in [-0.2, 0) is 9.84 Å². The van der Waals surface area contributed by atoms with Gasteiger partial charge in [0.25, 0.3) is 0 Å². The van der Waals surface area contributed by atoms with Crippen LogP contribution in [0, 0.1) is 6.92 Å². The van der Waals surface area contributed by atoms with Crippen LogP contribution in [0.1, 0.15) is 31.4 Å². The first-order valence-corrected chi connectivity index (χ1v) is 10.9. The van der Waals surface area contributed by atoms with Gasteiger partial charge in [-0.05, 0) is 57.2 Å². The monoisotopic (exact) mass is 569 g/mol. The van der Waals surface area contributed by atoms with E-state index in [0.29, 0.717) is 17.4 Å². The zero-order valence-corrected chi connectivity index (χ0v) is 20.3. The standard InChI is InChI=1S/C18H24BrN3O3S.HI/c1-4-20-18(22-14(3)17-10-5-13(2)25-17)21-11-12-26(23,24)16-8-6-15(19)7-9-16;/h5-10,14H,4,11-12H2,1-3H3,(H2,20,21,22);1H. The Morgan fingerprint density at radius 3 is 2.44 bits per heavy atom. The SMILES string of the molecule is CCNC(=NCCS(=O)(=O)c1ccc(Br)cc1)NC(C)c1ccc(C)o1.I. The average Bonchev–Trinajstić information content (AvgIpc) is 3.02. The molecule has 1 heterocycles. The molecule has 2 rings (SSSR count). The van der Waals surface area contributed by atoms with E-state index >= 15 is 0 Å². The first-order valence-electron chi connectivity index (χ1n) is 8.41. The molecule has 0 saturated carbocycles. The van der Waals surface area contributed by atoms with Crippen LogP contribution in [-0.4, -0.2) is 33.2 Å². The maximum Gasteiger partial charge on any atom is 0.191 e. The van der Waals surface area contributed by atoms with Crippen molar-refractivity contribution in [1.29, 1.82) is 0 Å². The Kier molecular flexibility index (Phi) is 9.82. The van der Waals surface area contributed by atoms with Gasteiger partial charge in [0.15, 0.2) is 15.8 Å². The van der Waals surface area contributed by atoms with Crippen molar-refractivity contribution < 1.29 is 12.8 Å². The van der Waals surface area contributed by atoms with Crippen molar-refractivity contribution in [2.45, 2.75) is 31.7 Å². The lowest BCUT2D eigenvalue weighted by Crippen LogP contribution is -2.39. The molecule has 1 aromatic carbocycles. The molecular weight excluding hydrogens is 545 g/mol. The number of halogens is 2. The van der Waals surface area contributed by atoms with E-state index in [9.17, 15) is 8.42 Å². The summed E-state index contributed by atoms with van der Waals surface area (Å²) in [6.07, 6.45) is 0. The molecule has 1 atom stereocenters. The number of aryl methyl sites for hydroxylation is 1. The molecular formula is C18H25BrIN3O3S. The molecule has 0 saturated heterocycles. The highest BCUT2D eigenvalue weighted by Gasteiger charge is 2.15. The lowest BCUT2D eigenvalue weighted by atomic mass is 10.2. The van der Waals surface area contributed by atoms with E-state index in [4.69, 9.17) is 4.42 Å². The number of sulfone groups is 1. The zero-order valence-electron chi connectivity index (χ0n) is 15.5. The smallest absolute Gasteiger partial charge is 0.191 e. The maximum atomic E-state index is 12.4. The van der Waals surface area contributed by atoms with Gasteiger partial charge in [-0.3, -0.25) is 4.99 Å². The summed E-state index contributed by atoms with van der Waals surface area (Å²) in [5.41, 5.74) is 0. The number of aliphatic imine (C=N–C) groups is 1. The van der Waals surface area contributed by atoms with E-state index in [0.717, 1.165) is 16.0 Å². The molecule has 150 valence electrons. The molecule has 2 aromatic rings. The molecule has 0 aliphatic carbocycles. The van der Waals surface area contributed by atoms with Gasteiger partial charge in [-0.15, -0.1) is 24.0 Å². The fourth-order valence-corrected chi connectivity index (χ4v) is 3.70. The lowest BCUT2D eigenvalue weighted by Gasteiger charge is -2.16. The first kappa shape index (κ1) is 24.0. The molecule has 27 heavy (non-hydrogen) atoms. The van der Waals surface area contributed by atoms with E-state index in [1.165, 1.54) is 0 Å². The Labute approximate surface area is 186 Å². The summed E-state index contributed by atoms with van der Waals surface area (Å²) in [5, 5.41) is 6.34. The molecule has 0 bridgehead atoms. The van der Waals surface area contributed by atoms with E-state index < -0.39 is 9.84 Å². The largest absolute Gasteiger partial charge is 0.464 e. The minimum Gasteiger partial charge on any atom is -0.464 e. The van der Waals surface area contributed by atoms with Gasteiger partial charge in [0, 0.05) is 11.0 Å². The molecule has 1 unspecified atom stereocenters. The summed E-state index contributed by atoms with van der Waals surface area (Å²) in [5.74, 6) is 2.14. The van der Waals surface area contributed by atoms with Gasteiger partial charge in [0.1, 0.15) is 11.5 Å². The van der Waals surface area contributed by atoms with Crippen molar-refractivity contribution >= 4 is 55.7 Å². The van der Waals surface area contributed by atoms with Crippen molar-refractivity contribution in [2.75, 3.05) is 18.8 Å². The number of nitrogens with zero attached hydrogens (tertiary/aromatic N) is 1. The molecule has 9 heteroatoms. The third-order valence-corrected chi connectivity index (χ3v) is 5.93. The summed E-state index contributed by atoms with van der Waals surface area (Å²) < 4.78 is 31.2. The Morgan fingerprint density at radius 1 is 1.22 bits per heavy atom. The third kappa shape index (κ3) is 7.46. The van der Waals surface area contributed by atoms with E-state index in [2.05, 4.69) is 31.6 Å². The fourth-order valence-electron chi connectivity index (χ4n) is 2.32. The van der Waals surface area contributed by atoms with Crippen molar-refractivity contribution in [3.8, 4) is 0 Å². The number of hydrogen-bond acceptors (Lipinski definition) is 4. The van der Waals surface area contributed by atoms with Crippen LogP contribution in [0.15, 0.2) is 55.2 Å². The highest BCUT2D eigenvalue weighted by atomic mass is 127. The quantitative estimate of drug-likeness (QED) is 0.298. The average molecular weight is 570 g/mol. The highest BCUT2D eigenvalue weighted by Crippen LogP contribution is 2.16. The number of guanidine groups is 1. The van der Waals surface area contributed by atoms with Crippen LogP contribution < -0.4 is 10.6 Å². The van der Waals surface area contributed by atoms with Gasteiger partial charge in [-0.25, -0.2) is 8.42 Å². The number of hydrogen-bond donors (Lipinski definition) is 2. The summed E-state index contributed by atoms with van der Waals surface area (Å²) in [6, 6.07) is 10.4. The number of benzene rings is 1. The minimum atomic E-state index is -3.37. The second kappa shape index (κ2) is 11.1. The number of rotatable bonds is 7. The predicted octanol–water partition coefficient (Wildman–Crippen LogP) is 4.06. The number of nitrogens with one attached hydrogen (secondary N) is 2. The van der Waals surface area contributed by atoms with Gasteiger partial charge in [-0.1, -0.05) is 15.9 Å². The Balaban J connectivity index is 0.00000364. The lowest BCUT2D eigenvalue weighted by molar-refractivity contribution is 0.441. The van der Waals surface area contributed by atoms with Gasteiger partial charge in [-0.2, -0.15) is 0 Å². The van der Waals surface area contributed by atoms with E-state index in [-0.39, 0.29) is 42.3 Å². The van der Waals surface area contributed by atoms with Crippen LogP contribution in [0.2, 0.25) is 0 Å². The fraction of sp³-hybridized carbons (Fsp3) is 0.389. The first-order chi connectivity index (χ1) is 12.3. The second-order valence-electron chi connectivity index (χ2n) is 5.85. The summed E-state index contributed by atoms with van der Waals surface area (Å²) >= 11 is 3.30. The van der Waals surface area contributed by atoms with Gasteiger partial charge in [0.2, 0.25) is 0 Å². The van der Waals surface area contributed by atoms with Crippen molar-refractivity contribution in [3.63, 3.8) is 0 Å². The Bertz CT molecular complexity index is 851. The van der Waals surface area contributed by atoms with Crippen LogP contribution in [0.5, 0.6) is 0 Å².